The van der Waals surface area contributed by atoms with Crippen molar-refractivity contribution in [2.45, 2.75) is 0 Å². The summed E-state index contributed by atoms with van der Waals surface area (Å²) in [5, 5.41) is 8.25. The lowest BCUT2D eigenvalue weighted by atomic mass is 10.3. The van der Waals surface area contributed by atoms with Gasteiger partial charge in [-0.25, -0.2) is 9.13 Å². The van der Waals surface area contributed by atoms with E-state index in [0.717, 1.165) is 0 Å². The van der Waals surface area contributed by atoms with Gasteiger partial charge in [0.2, 0.25) is 6.33 Å². The van der Waals surface area contributed by atoms with E-state index in [-0.39, 0.29) is 0 Å². The molecule has 0 N–H and O–H groups in total. The van der Waals surface area contributed by atoms with Crippen LogP contribution in [0.2, 0.25) is 0 Å². The molecule has 1 aromatic heterocycles. The molecule has 0 aliphatic heterocycles. The Balaban J connectivity index is 0.000000293. The third kappa shape index (κ3) is 1.90. The number of aryl methyl sites for hydroxylation is 2. The molecule has 14 heavy (non-hydrogen) atoms. The van der Waals surface area contributed by atoms with Crippen LogP contribution in [0.5, 0.6) is 0 Å². The molecule has 1 heterocycles. The predicted octanol–water partition coefficient (Wildman–Crippen LogP) is -0.631. The van der Waals surface area contributed by atoms with Crippen LogP contribution in [0.25, 0.3) is 11.0 Å². The molecule has 2 rings (SSSR count). The van der Waals surface area contributed by atoms with Gasteiger partial charge in [0, 0.05) is 6.47 Å². The molecule has 1 aromatic carbocycles. The first-order chi connectivity index (χ1) is 6.70. The first kappa shape index (κ1) is 10.2. The highest BCUT2D eigenvalue weighted by molar-refractivity contribution is 5.71. The SMILES string of the molecule is Cn1c[n+](C)c2ccccc21.O=C[O-]. The fraction of sp³-hybridized carbons (Fsp3) is 0.200. The lowest BCUT2D eigenvalue weighted by molar-refractivity contribution is -0.645. The smallest absolute Gasteiger partial charge is 0.244 e. The summed E-state index contributed by atoms with van der Waals surface area (Å²) in [5.41, 5.74) is 2.55. The molecular weight excluding hydrogens is 180 g/mol. The van der Waals surface area contributed by atoms with Crippen molar-refractivity contribution in [3.63, 3.8) is 0 Å². The summed E-state index contributed by atoms with van der Waals surface area (Å²) < 4.78 is 4.24. The van der Waals surface area contributed by atoms with E-state index < -0.39 is 6.47 Å². The summed E-state index contributed by atoms with van der Waals surface area (Å²) in [5.74, 6) is 0. The topological polar surface area (TPSA) is 48.9 Å². The third-order valence-electron chi connectivity index (χ3n) is 1.99. The first-order valence-electron chi connectivity index (χ1n) is 4.16. The van der Waals surface area contributed by atoms with Crippen LogP contribution in [0.1, 0.15) is 0 Å². The van der Waals surface area contributed by atoms with Gasteiger partial charge in [-0.1, -0.05) is 12.1 Å². The number of benzene rings is 1. The molecule has 4 nitrogen and oxygen atoms in total. The maximum Gasteiger partial charge on any atom is 0.244 e. The molecule has 0 saturated carbocycles. The Kier molecular flexibility index (Phi) is 3.23. The maximum absolute atomic E-state index is 8.25. The molecule has 0 amide bonds. The van der Waals surface area contributed by atoms with Crippen LogP contribution in [-0.2, 0) is 18.9 Å². The molecule has 2 aromatic rings. The van der Waals surface area contributed by atoms with Crippen LogP contribution in [0, 0.1) is 0 Å². The van der Waals surface area contributed by atoms with Crippen molar-refractivity contribution >= 4 is 17.5 Å². The second-order valence-corrected chi connectivity index (χ2v) is 2.92. The number of aromatic nitrogens is 2. The van der Waals surface area contributed by atoms with Gasteiger partial charge in [0.25, 0.3) is 0 Å². The molecule has 74 valence electrons. The van der Waals surface area contributed by atoms with Crippen molar-refractivity contribution < 1.29 is 14.5 Å². The van der Waals surface area contributed by atoms with Crippen LogP contribution >= 0.6 is 0 Å². The Morgan fingerprint density at radius 2 is 2.00 bits per heavy atom. The van der Waals surface area contributed by atoms with Gasteiger partial charge in [0.15, 0.2) is 11.0 Å². The van der Waals surface area contributed by atoms with Gasteiger partial charge in [-0.2, -0.15) is 0 Å². The largest absolute Gasteiger partial charge is 0.554 e. The minimum atomic E-state index is -0.500. The van der Waals surface area contributed by atoms with E-state index in [1.807, 2.05) is 0 Å². The highest BCUT2D eigenvalue weighted by Gasteiger charge is 2.06. The molecule has 0 spiro atoms. The van der Waals surface area contributed by atoms with E-state index in [2.05, 4.69) is 53.8 Å². The summed E-state index contributed by atoms with van der Waals surface area (Å²) in [6.45, 7) is -0.500. The minimum Gasteiger partial charge on any atom is -0.554 e. The first-order valence-corrected chi connectivity index (χ1v) is 4.16. The van der Waals surface area contributed by atoms with Crippen molar-refractivity contribution in [1.82, 2.24) is 4.57 Å². The number of rotatable bonds is 0. The Bertz CT molecular complexity index is 399. The van der Waals surface area contributed by atoms with Gasteiger partial charge in [-0.05, 0) is 12.1 Å². The number of carbonyl (C=O) groups is 1. The van der Waals surface area contributed by atoms with Gasteiger partial charge < -0.3 is 9.90 Å². The van der Waals surface area contributed by atoms with Crippen molar-refractivity contribution in [2.24, 2.45) is 14.1 Å². The van der Waals surface area contributed by atoms with Crippen LogP contribution in [0.4, 0.5) is 0 Å². The Hall–Kier alpha value is -1.84. The Morgan fingerprint density at radius 3 is 2.57 bits per heavy atom. The molecule has 0 aliphatic carbocycles. The second kappa shape index (κ2) is 4.41. The Morgan fingerprint density at radius 1 is 1.43 bits per heavy atom. The average molecular weight is 192 g/mol. The molecule has 0 radical (unpaired) electrons. The van der Waals surface area contributed by atoms with Crippen molar-refractivity contribution in [1.29, 1.82) is 0 Å². The third-order valence-corrected chi connectivity index (χ3v) is 1.99. The van der Waals surface area contributed by atoms with E-state index in [1.54, 1.807) is 0 Å². The van der Waals surface area contributed by atoms with Crippen molar-refractivity contribution in [2.75, 3.05) is 0 Å². The molecule has 0 bridgehead atoms. The zero-order valence-electron chi connectivity index (χ0n) is 8.18. The van der Waals surface area contributed by atoms with Crippen LogP contribution in [0.3, 0.4) is 0 Å². The average Bonchev–Trinajstić information content (AvgIpc) is 2.45. The normalized spacial score (nSPS) is 9.29. The maximum atomic E-state index is 8.25. The summed E-state index contributed by atoms with van der Waals surface area (Å²) in [6.07, 6.45) is 2.07. The molecule has 0 unspecified atom stereocenters. The molecule has 4 heteroatoms. The quantitative estimate of drug-likeness (QED) is 0.412. The fourth-order valence-electron chi connectivity index (χ4n) is 1.44. The number of hydrogen-bond acceptors (Lipinski definition) is 2. The van der Waals surface area contributed by atoms with E-state index >= 15 is 0 Å². The number of fused-ring (bicyclic) bond motifs is 1. The lowest BCUT2D eigenvalue weighted by Crippen LogP contribution is -2.25. The number of carboxylic acid groups (broad SMARTS) is 1. The highest BCUT2D eigenvalue weighted by Crippen LogP contribution is 2.07. The zero-order chi connectivity index (χ0) is 10.6. The summed E-state index contributed by atoms with van der Waals surface area (Å²) in [4.78, 5) is 8.25. The molecular formula is C10H12N2O2. The number of hydrogen-bond donors (Lipinski definition) is 0. The number of carbonyl (C=O) groups excluding carboxylic acids is 1. The van der Waals surface area contributed by atoms with Crippen LogP contribution < -0.4 is 9.67 Å². The summed E-state index contributed by atoms with van der Waals surface area (Å²) in [7, 11) is 4.12. The molecule has 0 saturated heterocycles. The van der Waals surface area contributed by atoms with Gasteiger partial charge in [-0.3, -0.25) is 0 Å². The molecule has 0 fully saturated rings. The predicted molar refractivity (Wildman–Crippen MR) is 50.2 cm³/mol. The van der Waals surface area contributed by atoms with E-state index in [9.17, 15) is 0 Å². The summed E-state index contributed by atoms with van der Waals surface area (Å²) in [6, 6.07) is 8.36. The number of para-hydroxylation sites is 2. The molecule has 0 aliphatic rings. The zero-order valence-corrected chi connectivity index (χ0v) is 8.18. The minimum absolute atomic E-state index is 0.500. The van der Waals surface area contributed by atoms with Gasteiger partial charge in [-0.15, -0.1) is 0 Å². The lowest BCUT2D eigenvalue weighted by Gasteiger charge is -1.84. The standard InChI is InChI=1S/C9H11N2.CH2O2/c1-10-7-11(2)9-6-4-3-5-8(9)10;2-1-3/h3-7H,1-2H3;1H,(H,2,3)/q+1;/p-1. The number of imidazole rings is 1. The van der Waals surface area contributed by atoms with Crippen molar-refractivity contribution in [3.8, 4) is 0 Å². The van der Waals surface area contributed by atoms with Crippen LogP contribution in [-0.4, -0.2) is 11.0 Å². The van der Waals surface area contributed by atoms with Gasteiger partial charge >= 0.3 is 0 Å². The van der Waals surface area contributed by atoms with Crippen LogP contribution in [0.15, 0.2) is 30.6 Å². The monoisotopic (exact) mass is 192 g/mol. The highest BCUT2D eigenvalue weighted by atomic mass is 16.3. The summed E-state index contributed by atoms with van der Waals surface area (Å²) >= 11 is 0. The van der Waals surface area contributed by atoms with Crippen molar-refractivity contribution in [3.05, 3.63) is 30.6 Å². The van der Waals surface area contributed by atoms with E-state index in [0.29, 0.717) is 0 Å². The molecule has 0 atom stereocenters. The second-order valence-electron chi connectivity index (χ2n) is 2.92. The van der Waals surface area contributed by atoms with E-state index in [4.69, 9.17) is 9.90 Å². The van der Waals surface area contributed by atoms with Gasteiger partial charge in [0.1, 0.15) is 0 Å². The number of nitrogens with zero attached hydrogens (tertiary/aromatic N) is 2. The van der Waals surface area contributed by atoms with Gasteiger partial charge in [0.05, 0.1) is 14.1 Å². The van der Waals surface area contributed by atoms with E-state index in [1.165, 1.54) is 11.0 Å². The fourth-order valence-corrected chi connectivity index (χ4v) is 1.44. The Labute approximate surface area is 82.0 Å².